The second kappa shape index (κ2) is 15.9. The van der Waals surface area contributed by atoms with Gasteiger partial charge in [-0.1, -0.05) is 40.7 Å². The Bertz CT molecular complexity index is 2230. The van der Waals surface area contributed by atoms with Gasteiger partial charge in [-0.15, -0.1) is 0 Å². The highest BCUT2D eigenvalue weighted by Gasteiger charge is 2.42. The number of hydrogen-bond acceptors (Lipinski definition) is 10. The van der Waals surface area contributed by atoms with Gasteiger partial charge in [-0.25, -0.2) is 4.98 Å². The number of nitrogens with two attached hydrogens (primary N) is 2. The number of benzene rings is 2. The summed E-state index contributed by atoms with van der Waals surface area (Å²) < 4.78 is 0. The summed E-state index contributed by atoms with van der Waals surface area (Å²) in [6.07, 6.45) is 7.03. The van der Waals surface area contributed by atoms with Crippen LogP contribution in [-0.2, 0) is 27.8 Å². The van der Waals surface area contributed by atoms with Crippen LogP contribution in [0.3, 0.4) is 0 Å². The summed E-state index contributed by atoms with van der Waals surface area (Å²) in [5, 5.41) is 13.5. The third-order valence-electron chi connectivity index (χ3n) is 12.5. The summed E-state index contributed by atoms with van der Waals surface area (Å²) in [4.78, 5) is 59.1. The van der Waals surface area contributed by atoms with E-state index < -0.39 is 11.5 Å². The Kier molecular flexibility index (Phi) is 11.1. The summed E-state index contributed by atoms with van der Waals surface area (Å²) in [6.45, 7) is 15.8. The Morgan fingerprint density at radius 3 is 2.54 bits per heavy atom. The molecule has 57 heavy (non-hydrogen) atoms. The van der Waals surface area contributed by atoms with E-state index in [0.717, 1.165) is 90.2 Å². The van der Waals surface area contributed by atoms with Gasteiger partial charge in [0.25, 0.3) is 0 Å². The molecule has 0 radical (unpaired) electrons. The number of aromatic amines is 1. The van der Waals surface area contributed by atoms with Crippen molar-refractivity contribution in [3.63, 3.8) is 0 Å². The lowest BCUT2D eigenvalue weighted by Gasteiger charge is -2.39. The lowest BCUT2D eigenvalue weighted by Crippen LogP contribution is -2.50. The number of nitrogens with zero attached hydrogens (tertiary/aromatic N) is 6. The normalized spacial score (nSPS) is 19.2. The van der Waals surface area contributed by atoms with Crippen LogP contribution in [-0.4, -0.2) is 100 Å². The number of aryl methyl sites for hydroxylation is 2. The highest BCUT2D eigenvalue weighted by Crippen LogP contribution is 2.46. The molecule has 2 fully saturated rings. The molecule has 3 aliphatic rings. The van der Waals surface area contributed by atoms with E-state index in [4.69, 9.17) is 11.5 Å². The van der Waals surface area contributed by atoms with E-state index in [2.05, 4.69) is 82.9 Å². The number of nitrogen functional groups attached to an aromatic ring is 1. The molecule has 4 aromatic rings. The van der Waals surface area contributed by atoms with Gasteiger partial charge in [0.05, 0.1) is 28.9 Å². The van der Waals surface area contributed by atoms with Crippen LogP contribution < -0.4 is 21.7 Å². The zero-order chi connectivity index (χ0) is 40.6. The Balaban J connectivity index is 0.906. The van der Waals surface area contributed by atoms with Crippen LogP contribution in [0.5, 0.6) is 0 Å². The first-order valence-corrected chi connectivity index (χ1v) is 20.4. The summed E-state index contributed by atoms with van der Waals surface area (Å²) in [7, 11) is 0. The number of hydrogen-bond donors (Lipinski definition) is 4. The molecule has 1 aliphatic carbocycles. The molecule has 300 valence electrons. The minimum atomic E-state index is -0.614. The van der Waals surface area contributed by atoms with Crippen molar-refractivity contribution in [2.45, 2.75) is 90.6 Å². The van der Waals surface area contributed by atoms with Gasteiger partial charge >= 0.3 is 0 Å². The number of carbonyl (C=O) groups excluding carboxylic acids is 3. The third-order valence-corrected chi connectivity index (χ3v) is 12.5. The maximum absolute atomic E-state index is 14.1. The summed E-state index contributed by atoms with van der Waals surface area (Å²) in [5.74, 6) is 0.455. The fourth-order valence-corrected chi connectivity index (χ4v) is 9.10. The van der Waals surface area contributed by atoms with Crippen LogP contribution in [0.4, 0.5) is 11.5 Å². The van der Waals surface area contributed by atoms with Gasteiger partial charge in [0.2, 0.25) is 11.8 Å². The van der Waals surface area contributed by atoms with Crippen molar-refractivity contribution < 1.29 is 14.4 Å². The topological polar surface area (TPSA) is 190 Å². The number of carbonyl (C=O) groups is 3. The van der Waals surface area contributed by atoms with Crippen LogP contribution in [0.2, 0.25) is 0 Å². The number of ketones is 1. The van der Waals surface area contributed by atoms with Crippen molar-refractivity contribution in [2.75, 3.05) is 56.4 Å². The molecule has 7 rings (SSSR count). The van der Waals surface area contributed by atoms with Crippen LogP contribution >= 0.6 is 0 Å². The fraction of sp³-hybridized carbons (Fsp3) is 0.500. The Morgan fingerprint density at radius 1 is 1.07 bits per heavy atom. The van der Waals surface area contributed by atoms with Crippen LogP contribution in [0.25, 0.3) is 10.9 Å². The Morgan fingerprint density at radius 2 is 1.82 bits per heavy atom. The van der Waals surface area contributed by atoms with E-state index in [0.29, 0.717) is 55.7 Å². The van der Waals surface area contributed by atoms with Gasteiger partial charge in [0.15, 0.2) is 5.78 Å². The molecule has 2 aromatic heterocycles. The van der Waals surface area contributed by atoms with E-state index in [1.54, 1.807) is 18.5 Å². The SMILES string of the molecule is CCc1cc2c(cc1N1CCN(C(=O)CCCN3C[C@H](NC(=O)[C@H](N)CCCc4nccnc4N)C(C)(C)C3)CC1)C(C)(C)c1[nH]c3cc(C#N)ccc3c1C2=O. The molecule has 2 amide bonds. The maximum atomic E-state index is 14.1. The number of H-pyrrole nitrogens is 1. The van der Waals surface area contributed by atoms with E-state index in [1.807, 2.05) is 17.0 Å². The molecule has 4 heterocycles. The van der Waals surface area contributed by atoms with E-state index in [1.165, 1.54) is 0 Å². The molecule has 0 unspecified atom stereocenters. The molecule has 6 N–H and O–H groups in total. The molecule has 2 aromatic carbocycles. The highest BCUT2D eigenvalue weighted by molar-refractivity contribution is 6.20. The zero-order valence-electron chi connectivity index (χ0n) is 34.0. The second-order valence-electron chi connectivity index (χ2n) is 17.2. The van der Waals surface area contributed by atoms with Crippen LogP contribution in [0.15, 0.2) is 42.7 Å². The average Bonchev–Trinajstić information content (AvgIpc) is 3.73. The van der Waals surface area contributed by atoms with Gasteiger partial charge < -0.3 is 36.5 Å². The Hall–Kier alpha value is -5.32. The van der Waals surface area contributed by atoms with Crippen molar-refractivity contribution in [1.82, 2.24) is 30.1 Å². The summed E-state index contributed by atoms with van der Waals surface area (Å²) >= 11 is 0. The standard InChI is InChI=1S/C44H56N10O3/c1-6-28-22-30-31(44(4,5)40-38(39(30)56)29-13-12-27(24-45)21-34(29)50-40)23-35(28)53-17-19-54(20-18-53)37(55)11-8-16-52-25-36(43(2,3)26-52)51-42(57)32(46)9-7-10-33-41(47)49-15-14-48-33/h12-15,21-23,32,36,50H,6-11,16-20,25-26,46H2,1-5H3,(H2,47,49)(H,51,57)/t32-,36+/m1/s1. The van der Waals surface area contributed by atoms with Gasteiger partial charge in [-0.05, 0) is 79.5 Å². The number of nitriles is 1. The predicted molar refractivity (Wildman–Crippen MR) is 222 cm³/mol. The van der Waals surface area contributed by atoms with Crippen molar-refractivity contribution in [3.8, 4) is 6.07 Å². The number of anilines is 2. The fourth-order valence-electron chi connectivity index (χ4n) is 9.10. The first-order valence-electron chi connectivity index (χ1n) is 20.4. The number of nitrogens with one attached hydrogen (secondary N) is 2. The quantitative estimate of drug-likeness (QED) is 0.160. The molecule has 2 aliphatic heterocycles. The lowest BCUT2D eigenvalue weighted by molar-refractivity contribution is -0.131. The molecule has 0 saturated carbocycles. The molecule has 0 spiro atoms. The van der Waals surface area contributed by atoms with Gasteiger partial charge in [-0.2, -0.15) is 5.26 Å². The monoisotopic (exact) mass is 772 g/mol. The van der Waals surface area contributed by atoms with Crippen molar-refractivity contribution in [2.24, 2.45) is 11.1 Å². The maximum Gasteiger partial charge on any atom is 0.237 e. The lowest BCUT2D eigenvalue weighted by atomic mass is 9.70. The molecule has 0 bridgehead atoms. The molecule has 13 heteroatoms. The van der Waals surface area contributed by atoms with Gasteiger partial charge in [0, 0.05) is 97.4 Å². The second-order valence-corrected chi connectivity index (χ2v) is 17.2. The number of amides is 2. The summed E-state index contributed by atoms with van der Waals surface area (Å²) in [5.41, 5.74) is 19.2. The number of fused-ring (bicyclic) bond motifs is 4. The first kappa shape index (κ1) is 39.9. The number of rotatable bonds is 12. The number of aromatic nitrogens is 3. The first-order chi connectivity index (χ1) is 27.2. The van der Waals surface area contributed by atoms with Crippen molar-refractivity contribution in [3.05, 3.63) is 81.9 Å². The highest BCUT2D eigenvalue weighted by atomic mass is 16.2. The van der Waals surface area contributed by atoms with Gasteiger partial charge in [-0.3, -0.25) is 19.4 Å². The molecule has 2 atom stereocenters. The Labute approximate surface area is 335 Å². The zero-order valence-corrected chi connectivity index (χ0v) is 34.0. The van der Waals surface area contributed by atoms with Crippen LogP contribution in [0, 0.1) is 16.7 Å². The smallest absolute Gasteiger partial charge is 0.237 e. The van der Waals surface area contributed by atoms with E-state index in [-0.39, 0.29) is 29.1 Å². The molecular formula is C44H56N10O3. The minimum Gasteiger partial charge on any atom is -0.382 e. The van der Waals surface area contributed by atoms with E-state index >= 15 is 0 Å². The predicted octanol–water partition coefficient (Wildman–Crippen LogP) is 4.45. The third kappa shape index (κ3) is 7.85. The molecular weight excluding hydrogens is 717 g/mol. The van der Waals surface area contributed by atoms with Crippen molar-refractivity contribution >= 4 is 40.0 Å². The largest absolute Gasteiger partial charge is 0.382 e. The average molecular weight is 773 g/mol. The molecule has 13 nitrogen and oxygen atoms in total. The minimum absolute atomic E-state index is 0.0158. The van der Waals surface area contributed by atoms with Crippen molar-refractivity contribution in [1.29, 1.82) is 5.26 Å². The summed E-state index contributed by atoms with van der Waals surface area (Å²) in [6, 6.07) is 11.3. The number of likely N-dealkylation sites (tertiary alicyclic amines) is 1. The van der Waals surface area contributed by atoms with Gasteiger partial charge in [0.1, 0.15) is 5.82 Å². The van der Waals surface area contributed by atoms with E-state index in [9.17, 15) is 19.6 Å². The molecule has 2 saturated heterocycles. The number of piperazine rings is 1. The van der Waals surface area contributed by atoms with Crippen LogP contribution in [0.1, 0.15) is 104 Å².